The van der Waals surface area contributed by atoms with E-state index in [0.717, 1.165) is 50.6 Å². The first-order valence-corrected chi connectivity index (χ1v) is 8.76. The number of halogens is 1. The summed E-state index contributed by atoms with van der Waals surface area (Å²) in [5.74, 6) is 0.0767. The number of piperidine rings is 1. The van der Waals surface area contributed by atoms with E-state index in [1.165, 1.54) is 12.1 Å². The van der Waals surface area contributed by atoms with Crippen molar-refractivity contribution in [2.24, 2.45) is 5.92 Å². The van der Waals surface area contributed by atoms with E-state index in [2.05, 4.69) is 0 Å². The second-order valence-electron chi connectivity index (χ2n) is 7.19. The summed E-state index contributed by atoms with van der Waals surface area (Å²) in [4.78, 5) is 15.3. The van der Waals surface area contributed by atoms with Gasteiger partial charge in [0.25, 0.3) is 0 Å². The van der Waals surface area contributed by atoms with Crippen LogP contribution in [0.2, 0.25) is 0 Å². The van der Waals surface area contributed by atoms with Gasteiger partial charge < -0.3 is 10.0 Å². The predicted molar refractivity (Wildman–Crippen MR) is 87.5 cm³/mol. The highest BCUT2D eigenvalue weighted by Gasteiger charge is 2.45. The molecule has 1 aromatic carbocycles. The number of nitrogens with zero attached hydrogens (tertiary/aromatic N) is 1. The maximum Gasteiger partial charge on any atom is 0.233 e. The summed E-state index contributed by atoms with van der Waals surface area (Å²) in [5.41, 5.74) is 0.453. The number of carbonyl (C=O) groups excluding carboxylic acids is 1. The number of likely N-dealkylation sites (tertiary alicyclic amines) is 1. The van der Waals surface area contributed by atoms with Crippen LogP contribution in [0.5, 0.6) is 0 Å². The van der Waals surface area contributed by atoms with E-state index in [-0.39, 0.29) is 23.7 Å². The topological polar surface area (TPSA) is 40.5 Å². The molecule has 4 heteroatoms. The number of aliphatic hydroxyl groups excluding tert-OH is 1. The van der Waals surface area contributed by atoms with E-state index < -0.39 is 5.41 Å². The lowest BCUT2D eigenvalue weighted by atomic mass is 9.76. The number of hydrogen-bond donors (Lipinski definition) is 1. The lowest BCUT2D eigenvalue weighted by Crippen LogP contribution is -2.50. The van der Waals surface area contributed by atoms with Crippen molar-refractivity contribution in [1.82, 2.24) is 4.90 Å². The van der Waals surface area contributed by atoms with Crippen molar-refractivity contribution in [1.29, 1.82) is 0 Å². The molecule has 0 radical (unpaired) electrons. The first-order chi connectivity index (χ1) is 11.0. The minimum absolute atomic E-state index is 0.166. The van der Waals surface area contributed by atoms with Crippen LogP contribution in [0.25, 0.3) is 0 Å². The molecular weight excluding hydrogens is 293 g/mol. The lowest BCUT2D eigenvalue weighted by molar-refractivity contribution is -0.140. The van der Waals surface area contributed by atoms with Crippen molar-refractivity contribution >= 4 is 5.91 Å². The van der Waals surface area contributed by atoms with Gasteiger partial charge in [0.05, 0.1) is 11.5 Å². The second kappa shape index (κ2) is 6.60. The number of benzene rings is 1. The van der Waals surface area contributed by atoms with Gasteiger partial charge in [-0.1, -0.05) is 25.0 Å². The van der Waals surface area contributed by atoms with Crippen molar-refractivity contribution in [2.45, 2.75) is 57.0 Å². The SMILES string of the molecule is CC(O)C1CCCN(C(=O)C2(c3ccc(F)cc3)CCCC2)C1. The quantitative estimate of drug-likeness (QED) is 0.929. The largest absolute Gasteiger partial charge is 0.393 e. The van der Waals surface area contributed by atoms with Gasteiger partial charge in [-0.15, -0.1) is 0 Å². The number of rotatable bonds is 3. The molecule has 1 heterocycles. The Labute approximate surface area is 137 Å². The van der Waals surface area contributed by atoms with Gasteiger partial charge in [0, 0.05) is 19.0 Å². The first-order valence-electron chi connectivity index (χ1n) is 8.76. The van der Waals surface area contributed by atoms with Crippen LogP contribution in [0.4, 0.5) is 4.39 Å². The van der Waals surface area contributed by atoms with Gasteiger partial charge in [-0.3, -0.25) is 4.79 Å². The van der Waals surface area contributed by atoms with Crippen molar-refractivity contribution in [3.05, 3.63) is 35.6 Å². The molecule has 1 saturated carbocycles. The Bertz CT molecular complexity index is 549. The number of hydrogen-bond acceptors (Lipinski definition) is 2. The molecule has 0 spiro atoms. The molecule has 23 heavy (non-hydrogen) atoms. The van der Waals surface area contributed by atoms with Gasteiger partial charge in [0.1, 0.15) is 5.82 Å². The third-order valence-electron chi connectivity index (χ3n) is 5.69. The molecule has 1 amide bonds. The Kier molecular flexibility index (Phi) is 4.72. The summed E-state index contributed by atoms with van der Waals surface area (Å²) in [5, 5.41) is 9.87. The van der Waals surface area contributed by atoms with Gasteiger partial charge in [-0.2, -0.15) is 0 Å². The molecule has 3 nitrogen and oxygen atoms in total. The molecule has 0 aromatic heterocycles. The summed E-state index contributed by atoms with van der Waals surface area (Å²) in [6.07, 6.45) is 5.30. The van der Waals surface area contributed by atoms with Gasteiger partial charge >= 0.3 is 0 Å². The van der Waals surface area contributed by atoms with Crippen molar-refractivity contribution in [3.63, 3.8) is 0 Å². The molecule has 1 aliphatic carbocycles. The van der Waals surface area contributed by atoms with Crippen molar-refractivity contribution in [3.8, 4) is 0 Å². The minimum atomic E-state index is -0.492. The Hall–Kier alpha value is -1.42. The van der Waals surface area contributed by atoms with Crippen LogP contribution >= 0.6 is 0 Å². The van der Waals surface area contributed by atoms with Gasteiger partial charge in [-0.05, 0) is 50.3 Å². The lowest BCUT2D eigenvalue weighted by Gasteiger charge is -2.40. The summed E-state index contributed by atoms with van der Waals surface area (Å²) < 4.78 is 13.3. The van der Waals surface area contributed by atoms with Gasteiger partial charge in [0.15, 0.2) is 0 Å². The summed E-state index contributed by atoms with van der Waals surface area (Å²) in [7, 11) is 0. The van der Waals surface area contributed by atoms with Crippen LogP contribution in [0.1, 0.15) is 51.0 Å². The molecule has 1 saturated heterocycles. The fraction of sp³-hybridized carbons (Fsp3) is 0.632. The zero-order chi connectivity index (χ0) is 16.4. The maximum atomic E-state index is 13.3. The average molecular weight is 319 g/mol. The fourth-order valence-corrected chi connectivity index (χ4v) is 4.26. The van der Waals surface area contributed by atoms with E-state index >= 15 is 0 Å². The summed E-state index contributed by atoms with van der Waals surface area (Å²) in [6, 6.07) is 6.46. The zero-order valence-corrected chi connectivity index (χ0v) is 13.8. The Morgan fingerprint density at radius 2 is 1.91 bits per heavy atom. The zero-order valence-electron chi connectivity index (χ0n) is 13.8. The highest BCUT2D eigenvalue weighted by atomic mass is 19.1. The van der Waals surface area contributed by atoms with E-state index in [4.69, 9.17) is 0 Å². The average Bonchev–Trinajstić information content (AvgIpc) is 3.06. The monoisotopic (exact) mass is 319 g/mol. The minimum Gasteiger partial charge on any atom is -0.393 e. The highest BCUT2D eigenvalue weighted by molar-refractivity contribution is 5.88. The normalized spacial score (nSPS) is 25.3. The van der Waals surface area contributed by atoms with E-state index in [0.29, 0.717) is 6.54 Å². The van der Waals surface area contributed by atoms with Crippen LogP contribution in [-0.4, -0.2) is 35.1 Å². The number of amides is 1. The molecule has 0 bridgehead atoms. The standard InChI is InChI=1S/C19H26FNO2/c1-14(22)15-5-4-12-21(13-15)18(23)19(10-2-3-11-19)16-6-8-17(20)9-7-16/h6-9,14-15,22H,2-5,10-13H2,1H3. The van der Waals surface area contributed by atoms with Gasteiger partial charge in [-0.25, -0.2) is 4.39 Å². The molecule has 1 aromatic rings. The number of aliphatic hydroxyl groups is 1. The molecule has 1 aliphatic heterocycles. The molecular formula is C19H26FNO2. The Balaban J connectivity index is 1.86. The predicted octanol–water partition coefficient (Wildman–Crippen LogP) is 3.26. The molecule has 2 unspecified atom stereocenters. The third kappa shape index (κ3) is 3.14. The molecule has 126 valence electrons. The van der Waals surface area contributed by atoms with E-state index in [9.17, 15) is 14.3 Å². The van der Waals surface area contributed by atoms with Crippen molar-refractivity contribution in [2.75, 3.05) is 13.1 Å². The Morgan fingerprint density at radius 1 is 1.26 bits per heavy atom. The van der Waals surface area contributed by atoms with Crippen LogP contribution in [0.15, 0.2) is 24.3 Å². The van der Waals surface area contributed by atoms with Crippen LogP contribution < -0.4 is 0 Å². The van der Waals surface area contributed by atoms with Crippen LogP contribution in [0.3, 0.4) is 0 Å². The molecule has 2 fully saturated rings. The maximum absolute atomic E-state index is 13.3. The second-order valence-corrected chi connectivity index (χ2v) is 7.19. The van der Waals surface area contributed by atoms with Gasteiger partial charge in [0.2, 0.25) is 5.91 Å². The smallest absolute Gasteiger partial charge is 0.233 e. The van der Waals surface area contributed by atoms with Crippen LogP contribution in [-0.2, 0) is 10.2 Å². The molecule has 3 rings (SSSR count). The van der Waals surface area contributed by atoms with Crippen LogP contribution in [0, 0.1) is 11.7 Å². The summed E-state index contributed by atoms with van der Waals surface area (Å²) >= 11 is 0. The fourth-order valence-electron chi connectivity index (χ4n) is 4.26. The number of carbonyl (C=O) groups is 1. The first kappa shape index (κ1) is 16.4. The Morgan fingerprint density at radius 3 is 2.52 bits per heavy atom. The highest BCUT2D eigenvalue weighted by Crippen LogP contribution is 2.43. The molecule has 2 atom stereocenters. The summed E-state index contributed by atoms with van der Waals surface area (Å²) in [6.45, 7) is 3.22. The van der Waals surface area contributed by atoms with Crippen molar-refractivity contribution < 1.29 is 14.3 Å². The van der Waals surface area contributed by atoms with E-state index in [1.807, 2.05) is 11.8 Å². The van der Waals surface area contributed by atoms with E-state index in [1.54, 1.807) is 12.1 Å². The third-order valence-corrected chi connectivity index (χ3v) is 5.69. The molecule has 1 N–H and O–H groups in total. The molecule has 2 aliphatic rings.